The Morgan fingerprint density at radius 1 is 1.45 bits per heavy atom. The summed E-state index contributed by atoms with van der Waals surface area (Å²) in [7, 11) is 1.49. The minimum atomic E-state index is -1.01. The number of benzene rings is 1. The smallest absolute Gasteiger partial charge is 0.335 e. The van der Waals surface area contributed by atoms with Gasteiger partial charge >= 0.3 is 5.97 Å². The summed E-state index contributed by atoms with van der Waals surface area (Å²) in [5, 5.41) is 13.1. The molecule has 4 nitrogen and oxygen atoms in total. The lowest BCUT2D eigenvalue weighted by Crippen LogP contribution is -2.04. The predicted molar refractivity (Wildman–Crippen MR) is 81.2 cm³/mol. The molecule has 0 aliphatic heterocycles. The highest BCUT2D eigenvalue weighted by atomic mass is 79.9. The van der Waals surface area contributed by atoms with E-state index in [2.05, 4.69) is 21.3 Å². The Morgan fingerprint density at radius 3 is 2.85 bits per heavy atom. The third-order valence-electron chi connectivity index (χ3n) is 2.69. The highest BCUT2D eigenvalue weighted by Gasteiger charge is 2.15. The first-order chi connectivity index (χ1) is 9.61. The standard InChI is InChI=1S/C14H13BrO4S/c1-18-12-7-10(14(16)17)6-11(15)13(12)19-4-2-9-3-5-20-8-9/h3,5-8H,2,4H2,1H3,(H,16,17). The van der Waals surface area contributed by atoms with Gasteiger partial charge in [-0.25, -0.2) is 4.79 Å². The molecule has 1 heterocycles. The molecule has 0 saturated heterocycles. The third kappa shape index (κ3) is 3.52. The zero-order valence-corrected chi connectivity index (χ0v) is 13.2. The van der Waals surface area contributed by atoms with Crippen molar-refractivity contribution in [2.24, 2.45) is 0 Å². The van der Waals surface area contributed by atoms with Gasteiger partial charge in [0.1, 0.15) is 0 Å². The van der Waals surface area contributed by atoms with Crippen molar-refractivity contribution < 1.29 is 19.4 Å². The molecule has 2 aromatic rings. The van der Waals surface area contributed by atoms with Crippen molar-refractivity contribution >= 4 is 33.2 Å². The summed E-state index contributed by atoms with van der Waals surface area (Å²) in [5.74, 6) is -0.0800. The van der Waals surface area contributed by atoms with E-state index in [1.54, 1.807) is 11.3 Å². The summed E-state index contributed by atoms with van der Waals surface area (Å²) in [6.07, 6.45) is 0.791. The number of carboxylic acids is 1. The number of methoxy groups -OCH3 is 1. The van der Waals surface area contributed by atoms with Crippen molar-refractivity contribution in [1.82, 2.24) is 0 Å². The van der Waals surface area contributed by atoms with Crippen LogP contribution < -0.4 is 9.47 Å². The van der Waals surface area contributed by atoms with Crippen LogP contribution >= 0.6 is 27.3 Å². The fourth-order valence-corrected chi connectivity index (χ4v) is 2.95. The molecule has 0 amide bonds. The second kappa shape index (κ2) is 6.76. The van der Waals surface area contributed by atoms with Gasteiger partial charge in [0, 0.05) is 6.42 Å². The quantitative estimate of drug-likeness (QED) is 0.854. The van der Waals surface area contributed by atoms with Crippen LogP contribution in [0.2, 0.25) is 0 Å². The summed E-state index contributed by atoms with van der Waals surface area (Å²) >= 11 is 4.97. The molecular formula is C14H13BrO4S. The zero-order chi connectivity index (χ0) is 14.5. The minimum absolute atomic E-state index is 0.152. The zero-order valence-electron chi connectivity index (χ0n) is 10.8. The first-order valence-electron chi connectivity index (χ1n) is 5.86. The Bertz CT molecular complexity index is 595. The van der Waals surface area contributed by atoms with E-state index in [4.69, 9.17) is 14.6 Å². The van der Waals surface area contributed by atoms with Gasteiger partial charge in [0.15, 0.2) is 11.5 Å². The average molecular weight is 357 g/mol. The van der Waals surface area contributed by atoms with Crippen LogP contribution in [-0.4, -0.2) is 24.8 Å². The summed E-state index contributed by atoms with van der Waals surface area (Å²) in [4.78, 5) is 11.0. The van der Waals surface area contributed by atoms with E-state index in [-0.39, 0.29) is 5.56 Å². The van der Waals surface area contributed by atoms with Crippen LogP contribution in [0.3, 0.4) is 0 Å². The number of thiophene rings is 1. The number of carbonyl (C=O) groups is 1. The van der Waals surface area contributed by atoms with Crippen molar-refractivity contribution in [3.05, 3.63) is 44.6 Å². The first kappa shape index (κ1) is 14.9. The van der Waals surface area contributed by atoms with Crippen LogP contribution in [0.4, 0.5) is 0 Å². The Balaban J connectivity index is 2.12. The molecule has 0 aliphatic carbocycles. The van der Waals surface area contributed by atoms with Crippen LogP contribution in [0.15, 0.2) is 33.4 Å². The number of carboxylic acid groups (broad SMARTS) is 1. The lowest BCUT2D eigenvalue weighted by Gasteiger charge is -2.13. The van der Waals surface area contributed by atoms with Gasteiger partial charge < -0.3 is 14.6 Å². The lowest BCUT2D eigenvalue weighted by molar-refractivity contribution is 0.0696. The van der Waals surface area contributed by atoms with Crippen LogP contribution in [0.1, 0.15) is 15.9 Å². The fraction of sp³-hybridized carbons (Fsp3) is 0.214. The molecule has 0 atom stereocenters. The fourth-order valence-electron chi connectivity index (χ4n) is 1.69. The molecular weight excluding hydrogens is 344 g/mol. The van der Waals surface area contributed by atoms with E-state index in [9.17, 15) is 4.79 Å². The summed E-state index contributed by atoms with van der Waals surface area (Å²) in [6.45, 7) is 0.498. The van der Waals surface area contributed by atoms with Gasteiger partial charge in [0.05, 0.1) is 23.8 Å². The number of hydrogen-bond donors (Lipinski definition) is 1. The maximum absolute atomic E-state index is 11.0. The van der Waals surface area contributed by atoms with Gasteiger partial charge in [-0.15, -0.1) is 0 Å². The van der Waals surface area contributed by atoms with E-state index < -0.39 is 5.97 Å². The summed E-state index contributed by atoms with van der Waals surface area (Å²) < 4.78 is 11.5. The number of rotatable bonds is 6. The third-order valence-corrected chi connectivity index (χ3v) is 4.01. The maximum atomic E-state index is 11.0. The molecule has 0 radical (unpaired) electrons. The number of hydrogen-bond acceptors (Lipinski definition) is 4. The highest BCUT2D eigenvalue weighted by Crippen LogP contribution is 2.36. The molecule has 0 saturated carbocycles. The van der Waals surface area contributed by atoms with Gasteiger partial charge in [-0.3, -0.25) is 0 Å². The monoisotopic (exact) mass is 356 g/mol. The van der Waals surface area contributed by atoms with Crippen molar-refractivity contribution in [2.45, 2.75) is 6.42 Å². The molecule has 0 aliphatic rings. The molecule has 0 spiro atoms. The molecule has 106 valence electrons. The predicted octanol–water partition coefficient (Wildman–Crippen LogP) is 3.84. The molecule has 0 unspecified atom stereocenters. The Hall–Kier alpha value is -1.53. The molecule has 6 heteroatoms. The molecule has 0 bridgehead atoms. The summed E-state index contributed by atoms with van der Waals surface area (Å²) in [6, 6.07) is 5.01. The molecule has 0 fully saturated rings. The minimum Gasteiger partial charge on any atom is -0.493 e. The van der Waals surface area contributed by atoms with E-state index in [0.717, 1.165) is 6.42 Å². The summed E-state index contributed by atoms with van der Waals surface area (Å²) in [5.41, 5.74) is 1.37. The number of aromatic carboxylic acids is 1. The van der Waals surface area contributed by atoms with Gasteiger partial charge in [0.2, 0.25) is 0 Å². The Kier molecular flexibility index (Phi) is 5.03. The van der Waals surface area contributed by atoms with E-state index in [0.29, 0.717) is 22.6 Å². The van der Waals surface area contributed by atoms with E-state index in [1.807, 2.05) is 11.4 Å². The molecule has 2 rings (SSSR count). The molecule has 20 heavy (non-hydrogen) atoms. The van der Waals surface area contributed by atoms with Gasteiger partial charge in [-0.2, -0.15) is 11.3 Å². The van der Waals surface area contributed by atoms with E-state index in [1.165, 1.54) is 24.8 Å². The van der Waals surface area contributed by atoms with Crippen LogP contribution in [0.25, 0.3) is 0 Å². The van der Waals surface area contributed by atoms with E-state index >= 15 is 0 Å². The van der Waals surface area contributed by atoms with Crippen LogP contribution in [0, 0.1) is 0 Å². The lowest BCUT2D eigenvalue weighted by atomic mass is 10.2. The molecule has 1 N–H and O–H groups in total. The SMILES string of the molecule is COc1cc(C(=O)O)cc(Br)c1OCCc1ccsc1. The van der Waals surface area contributed by atoms with Crippen molar-refractivity contribution in [3.8, 4) is 11.5 Å². The Labute approximate surface area is 129 Å². The molecule has 1 aromatic carbocycles. The van der Waals surface area contributed by atoms with Crippen LogP contribution in [-0.2, 0) is 6.42 Å². The largest absolute Gasteiger partial charge is 0.493 e. The van der Waals surface area contributed by atoms with Crippen LogP contribution in [0.5, 0.6) is 11.5 Å². The average Bonchev–Trinajstić information content (AvgIpc) is 2.93. The highest BCUT2D eigenvalue weighted by molar-refractivity contribution is 9.10. The topological polar surface area (TPSA) is 55.8 Å². The number of halogens is 1. The normalized spacial score (nSPS) is 10.3. The van der Waals surface area contributed by atoms with Gasteiger partial charge in [-0.1, -0.05) is 0 Å². The van der Waals surface area contributed by atoms with Gasteiger partial charge in [0.25, 0.3) is 0 Å². The first-order valence-corrected chi connectivity index (χ1v) is 7.60. The molecule has 1 aromatic heterocycles. The van der Waals surface area contributed by atoms with Crippen molar-refractivity contribution in [2.75, 3.05) is 13.7 Å². The van der Waals surface area contributed by atoms with Crippen molar-refractivity contribution in [1.29, 1.82) is 0 Å². The Morgan fingerprint density at radius 2 is 2.25 bits per heavy atom. The van der Waals surface area contributed by atoms with Gasteiger partial charge in [-0.05, 0) is 50.5 Å². The number of ether oxygens (including phenoxy) is 2. The second-order valence-electron chi connectivity index (χ2n) is 4.02. The maximum Gasteiger partial charge on any atom is 0.335 e. The second-order valence-corrected chi connectivity index (χ2v) is 5.66. The van der Waals surface area contributed by atoms with Crippen molar-refractivity contribution in [3.63, 3.8) is 0 Å².